The van der Waals surface area contributed by atoms with E-state index in [1.54, 1.807) is 37.8 Å². The zero-order valence-electron chi connectivity index (χ0n) is 15.2. The van der Waals surface area contributed by atoms with Crippen molar-refractivity contribution >= 4 is 11.3 Å². The molecule has 10 heteroatoms. The fourth-order valence-corrected chi connectivity index (χ4v) is 3.81. The van der Waals surface area contributed by atoms with Gasteiger partial charge < -0.3 is 28.9 Å². The maximum absolute atomic E-state index is 9.89. The number of rotatable bonds is 6. The van der Waals surface area contributed by atoms with Crippen LogP contribution in [-0.4, -0.2) is 58.4 Å². The number of ether oxygens (including phenoxy) is 3. The highest BCUT2D eigenvalue weighted by atomic mass is 32.1. The van der Waals surface area contributed by atoms with Gasteiger partial charge in [0.05, 0.1) is 26.9 Å². The van der Waals surface area contributed by atoms with Gasteiger partial charge in [-0.3, -0.25) is 0 Å². The van der Waals surface area contributed by atoms with Crippen LogP contribution in [0.2, 0.25) is 0 Å². The average Bonchev–Trinajstić information content (AvgIpc) is 3.46. The number of hydrogen-bond acceptors (Lipinski definition) is 10. The van der Waals surface area contributed by atoms with Crippen LogP contribution >= 0.6 is 11.3 Å². The van der Waals surface area contributed by atoms with E-state index in [0.29, 0.717) is 40.0 Å². The highest BCUT2D eigenvalue weighted by molar-refractivity contribution is 7.10. The lowest BCUT2D eigenvalue weighted by Crippen LogP contribution is -2.24. The third kappa shape index (κ3) is 3.59. The molecule has 0 spiro atoms. The number of methoxy groups -OCH3 is 2. The molecule has 28 heavy (non-hydrogen) atoms. The van der Waals surface area contributed by atoms with E-state index >= 15 is 0 Å². The Labute approximate surface area is 164 Å². The van der Waals surface area contributed by atoms with Crippen molar-refractivity contribution in [2.75, 3.05) is 20.8 Å². The summed E-state index contributed by atoms with van der Waals surface area (Å²) in [5.41, 5.74) is 1.22. The number of nitrogens with zero attached hydrogens (tertiary/aromatic N) is 3. The Hall–Kier alpha value is -2.53. The number of aliphatic hydroxyl groups is 2. The van der Waals surface area contributed by atoms with Gasteiger partial charge in [-0.05, 0) is 12.1 Å². The molecule has 0 unspecified atom stereocenters. The quantitative estimate of drug-likeness (QED) is 0.635. The van der Waals surface area contributed by atoms with E-state index in [1.807, 2.05) is 0 Å². The van der Waals surface area contributed by atoms with Crippen molar-refractivity contribution in [3.63, 3.8) is 0 Å². The van der Waals surface area contributed by atoms with Crippen LogP contribution in [0.25, 0.3) is 23.0 Å². The molecule has 0 saturated carbocycles. The minimum atomic E-state index is -0.708. The van der Waals surface area contributed by atoms with E-state index in [4.69, 9.17) is 18.7 Å². The molecule has 0 amide bonds. The van der Waals surface area contributed by atoms with E-state index in [-0.39, 0.29) is 18.6 Å². The maximum Gasteiger partial charge on any atom is 0.277 e. The van der Waals surface area contributed by atoms with Gasteiger partial charge in [0.25, 0.3) is 5.89 Å². The molecule has 3 aromatic rings. The number of hydrogen-bond donors (Lipinski definition) is 2. The van der Waals surface area contributed by atoms with Crippen LogP contribution in [0.15, 0.2) is 28.1 Å². The first-order valence-corrected chi connectivity index (χ1v) is 9.46. The van der Waals surface area contributed by atoms with Crippen LogP contribution in [0, 0.1) is 0 Å². The molecule has 0 bridgehead atoms. The molecule has 0 radical (unpaired) electrons. The third-order valence-corrected chi connectivity index (χ3v) is 5.39. The molecule has 1 aromatic carbocycles. The van der Waals surface area contributed by atoms with E-state index < -0.39 is 12.2 Å². The molecular formula is C18H19N3O6S. The highest BCUT2D eigenvalue weighted by Crippen LogP contribution is 2.36. The van der Waals surface area contributed by atoms with Gasteiger partial charge >= 0.3 is 0 Å². The summed E-state index contributed by atoms with van der Waals surface area (Å²) >= 11 is 1.38. The second-order valence-corrected chi connectivity index (χ2v) is 7.13. The highest BCUT2D eigenvalue weighted by Gasteiger charge is 2.36. The lowest BCUT2D eigenvalue weighted by atomic mass is 10.1. The Kier molecular flexibility index (Phi) is 5.27. The molecule has 4 rings (SSSR count). The van der Waals surface area contributed by atoms with E-state index in [2.05, 4.69) is 15.1 Å². The van der Waals surface area contributed by atoms with Gasteiger partial charge in [-0.1, -0.05) is 5.16 Å². The Balaban J connectivity index is 1.57. The molecule has 2 aromatic heterocycles. The Morgan fingerprint density at radius 1 is 1.18 bits per heavy atom. The SMILES string of the molecule is COc1cc(OC)cc(-c2noc(-c3csc([C@H]4C[C@H](O)[C@@H](CO)O4)n3)n2)c1. The minimum Gasteiger partial charge on any atom is -0.497 e. The van der Waals surface area contributed by atoms with Crippen molar-refractivity contribution in [3.05, 3.63) is 28.6 Å². The summed E-state index contributed by atoms with van der Waals surface area (Å²) in [4.78, 5) is 8.91. The third-order valence-electron chi connectivity index (χ3n) is 4.46. The molecule has 1 aliphatic heterocycles. The summed E-state index contributed by atoms with van der Waals surface area (Å²) in [6.45, 7) is -0.229. The molecular weight excluding hydrogens is 386 g/mol. The second-order valence-electron chi connectivity index (χ2n) is 6.24. The monoisotopic (exact) mass is 405 g/mol. The van der Waals surface area contributed by atoms with Gasteiger partial charge in [0.1, 0.15) is 34.4 Å². The number of thiazole rings is 1. The number of aliphatic hydroxyl groups excluding tert-OH is 2. The van der Waals surface area contributed by atoms with Crippen LogP contribution in [0.3, 0.4) is 0 Å². The van der Waals surface area contributed by atoms with E-state index in [1.165, 1.54) is 11.3 Å². The summed E-state index contributed by atoms with van der Waals surface area (Å²) in [7, 11) is 3.14. The Morgan fingerprint density at radius 3 is 2.57 bits per heavy atom. The van der Waals surface area contributed by atoms with Gasteiger partial charge in [0, 0.05) is 23.4 Å². The molecule has 3 atom stereocenters. The summed E-state index contributed by atoms with van der Waals surface area (Å²) < 4.78 is 21.5. The smallest absolute Gasteiger partial charge is 0.277 e. The molecule has 2 N–H and O–H groups in total. The Morgan fingerprint density at radius 2 is 1.93 bits per heavy atom. The molecule has 3 heterocycles. The lowest BCUT2D eigenvalue weighted by Gasteiger charge is -2.09. The number of aromatic nitrogens is 3. The Bertz CT molecular complexity index is 936. The first kappa shape index (κ1) is 18.8. The van der Waals surface area contributed by atoms with Crippen LogP contribution in [0.1, 0.15) is 17.5 Å². The van der Waals surface area contributed by atoms with Gasteiger partial charge in [0.15, 0.2) is 0 Å². The van der Waals surface area contributed by atoms with Crippen molar-refractivity contribution in [1.82, 2.24) is 15.1 Å². The van der Waals surface area contributed by atoms with Crippen molar-refractivity contribution in [2.24, 2.45) is 0 Å². The maximum atomic E-state index is 9.89. The average molecular weight is 405 g/mol. The predicted octanol–water partition coefficient (Wildman–Crippen LogP) is 2.06. The van der Waals surface area contributed by atoms with Crippen molar-refractivity contribution in [1.29, 1.82) is 0 Å². The summed E-state index contributed by atoms with van der Waals surface area (Å²) in [5, 5.41) is 25.6. The lowest BCUT2D eigenvalue weighted by molar-refractivity contribution is -0.0225. The second kappa shape index (κ2) is 7.84. The van der Waals surface area contributed by atoms with Crippen LogP contribution in [0.5, 0.6) is 11.5 Å². The normalized spacial score (nSPS) is 21.8. The molecule has 1 aliphatic rings. The van der Waals surface area contributed by atoms with Crippen molar-refractivity contribution in [3.8, 4) is 34.5 Å². The van der Waals surface area contributed by atoms with Crippen LogP contribution < -0.4 is 9.47 Å². The summed E-state index contributed by atoms with van der Waals surface area (Å²) in [6.07, 6.45) is -1.27. The zero-order valence-corrected chi connectivity index (χ0v) is 16.0. The molecule has 0 aliphatic carbocycles. The first-order valence-electron chi connectivity index (χ1n) is 8.58. The van der Waals surface area contributed by atoms with Gasteiger partial charge in [0.2, 0.25) is 5.82 Å². The van der Waals surface area contributed by atoms with Crippen LogP contribution in [0.4, 0.5) is 0 Å². The minimum absolute atomic E-state index is 0.229. The largest absolute Gasteiger partial charge is 0.497 e. The van der Waals surface area contributed by atoms with Gasteiger partial charge in [-0.15, -0.1) is 11.3 Å². The molecule has 1 saturated heterocycles. The van der Waals surface area contributed by atoms with E-state index in [0.717, 1.165) is 0 Å². The fraction of sp³-hybridized carbons (Fsp3) is 0.389. The molecule has 148 valence electrons. The van der Waals surface area contributed by atoms with Gasteiger partial charge in [-0.2, -0.15) is 4.98 Å². The van der Waals surface area contributed by atoms with E-state index in [9.17, 15) is 10.2 Å². The summed E-state index contributed by atoms with van der Waals surface area (Å²) in [6, 6.07) is 5.33. The predicted molar refractivity (Wildman–Crippen MR) is 99.3 cm³/mol. The topological polar surface area (TPSA) is 120 Å². The standard InChI is InChI=1S/C18H19N3O6S/c1-24-10-3-9(4-11(5-10)25-2)16-20-17(27-21-16)12-8-28-18(19-12)14-6-13(23)15(7-22)26-14/h3-5,8,13-15,22-23H,6-7H2,1-2H3/t13-,14+,15+/m0/s1. The van der Waals surface area contributed by atoms with Crippen molar-refractivity contribution in [2.45, 2.75) is 24.7 Å². The van der Waals surface area contributed by atoms with Crippen LogP contribution in [-0.2, 0) is 4.74 Å². The molecule has 1 fully saturated rings. The van der Waals surface area contributed by atoms with Crippen molar-refractivity contribution < 1.29 is 28.9 Å². The van der Waals surface area contributed by atoms with Gasteiger partial charge in [-0.25, -0.2) is 4.98 Å². The summed E-state index contributed by atoms with van der Waals surface area (Å²) in [5.74, 6) is 1.89. The first-order chi connectivity index (χ1) is 13.6. The molecule has 9 nitrogen and oxygen atoms in total. The zero-order chi connectivity index (χ0) is 19.7. The fourth-order valence-electron chi connectivity index (χ4n) is 2.97. The number of benzene rings is 1.